The van der Waals surface area contributed by atoms with Gasteiger partial charge in [0.2, 0.25) is 0 Å². The van der Waals surface area contributed by atoms with Crippen molar-refractivity contribution in [1.82, 2.24) is 4.98 Å². The Bertz CT molecular complexity index is 2450. The SMILES string of the molecule is C1=CC(c2ccc(N(c3cccc(-c4ccccc4)c3)c3ccc4oc5ccc6sc(-c7ccccc7)nc6c5c4c3)cc2)=CCC1. The number of allylic oxidation sites excluding steroid dienone is 4. The number of nitrogens with zero attached hydrogens (tertiary/aromatic N) is 2. The normalized spacial score (nSPS) is 13.0. The fourth-order valence-corrected chi connectivity index (χ4v) is 7.60. The lowest BCUT2D eigenvalue weighted by molar-refractivity contribution is 0.669. The van der Waals surface area contributed by atoms with E-state index in [4.69, 9.17) is 9.40 Å². The molecule has 0 saturated carbocycles. The van der Waals surface area contributed by atoms with Crippen LogP contribution >= 0.6 is 11.3 Å². The summed E-state index contributed by atoms with van der Waals surface area (Å²) in [6.45, 7) is 0. The number of hydrogen-bond donors (Lipinski definition) is 0. The number of furan rings is 1. The molecular formula is C43H30N2OS. The van der Waals surface area contributed by atoms with Crippen LogP contribution in [-0.4, -0.2) is 4.98 Å². The van der Waals surface area contributed by atoms with Crippen molar-refractivity contribution in [3.05, 3.63) is 163 Å². The van der Waals surface area contributed by atoms with Gasteiger partial charge in [0.15, 0.2) is 0 Å². The number of fused-ring (bicyclic) bond motifs is 5. The van der Waals surface area contributed by atoms with E-state index >= 15 is 0 Å². The van der Waals surface area contributed by atoms with Crippen molar-refractivity contribution >= 4 is 66.1 Å². The molecule has 0 aliphatic heterocycles. The number of hydrogen-bond acceptors (Lipinski definition) is 4. The van der Waals surface area contributed by atoms with Gasteiger partial charge in [-0.1, -0.05) is 103 Å². The van der Waals surface area contributed by atoms with Crippen molar-refractivity contribution in [3.63, 3.8) is 0 Å². The minimum Gasteiger partial charge on any atom is -0.456 e. The second-order valence-electron chi connectivity index (χ2n) is 11.9. The maximum absolute atomic E-state index is 6.41. The predicted molar refractivity (Wildman–Crippen MR) is 199 cm³/mol. The van der Waals surface area contributed by atoms with E-state index in [1.807, 2.05) is 6.07 Å². The third-order valence-corrected chi connectivity index (χ3v) is 9.99. The number of aromatic nitrogens is 1. The molecule has 0 bridgehead atoms. The number of anilines is 3. The maximum atomic E-state index is 6.41. The third kappa shape index (κ3) is 5.04. The summed E-state index contributed by atoms with van der Waals surface area (Å²) in [6.07, 6.45) is 9.02. The summed E-state index contributed by atoms with van der Waals surface area (Å²) in [5.74, 6) is 0. The Hall–Kier alpha value is -5.71. The van der Waals surface area contributed by atoms with E-state index in [2.05, 4.69) is 157 Å². The first-order valence-electron chi connectivity index (χ1n) is 16.0. The van der Waals surface area contributed by atoms with Crippen LogP contribution in [-0.2, 0) is 0 Å². The summed E-state index contributed by atoms with van der Waals surface area (Å²) < 4.78 is 7.57. The Morgan fingerprint density at radius 1 is 0.574 bits per heavy atom. The molecule has 0 unspecified atom stereocenters. The summed E-state index contributed by atoms with van der Waals surface area (Å²) >= 11 is 1.72. The second-order valence-corrected chi connectivity index (χ2v) is 12.9. The predicted octanol–water partition coefficient (Wildman–Crippen LogP) is 12.7. The van der Waals surface area contributed by atoms with Gasteiger partial charge in [0, 0.05) is 28.0 Å². The Balaban J connectivity index is 1.22. The van der Waals surface area contributed by atoms with E-state index < -0.39 is 0 Å². The molecule has 3 nitrogen and oxygen atoms in total. The molecule has 2 aromatic heterocycles. The van der Waals surface area contributed by atoms with E-state index in [1.165, 1.54) is 22.3 Å². The highest BCUT2D eigenvalue weighted by Crippen LogP contribution is 2.43. The van der Waals surface area contributed by atoms with Crippen LogP contribution in [0, 0.1) is 0 Å². The lowest BCUT2D eigenvalue weighted by Gasteiger charge is -2.26. The highest BCUT2D eigenvalue weighted by molar-refractivity contribution is 7.21. The van der Waals surface area contributed by atoms with E-state index in [0.29, 0.717) is 0 Å². The summed E-state index contributed by atoms with van der Waals surface area (Å²) in [7, 11) is 0. The van der Waals surface area contributed by atoms with Gasteiger partial charge in [-0.15, -0.1) is 11.3 Å². The van der Waals surface area contributed by atoms with Crippen molar-refractivity contribution in [3.8, 4) is 21.7 Å². The third-order valence-electron chi connectivity index (χ3n) is 8.92. The largest absolute Gasteiger partial charge is 0.456 e. The van der Waals surface area contributed by atoms with Crippen molar-refractivity contribution < 1.29 is 4.42 Å². The van der Waals surface area contributed by atoms with E-state index in [1.54, 1.807) is 11.3 Å². The standard InChI is InChI=1S/C43H30N2OS/c1-4-11-29(12-5-1)31-19-21-34(22-20-31)45(35-18-10-17-33(27-35)30-13-6-2-7-14-30)36-23-24-38-37(28-36)41-39(46-38)25-26-40-42(41)44-43(47-40)32-15-8-3-9-16-32/h2-4,6-28H,1,5H2. The fourth-order valence-electron chi connectivity index (χ4n) is 6.62. The van der Waals surface area contributed by atoms with E-state index in [-0.39, 0.29) is 0 Å². The Morgan fingerprint density at radius 3 is 2.09 bits per heavy atom. The van der Waals surface area contributed by atoms with Crippen LogP contribution in [0.25, 0.3) is 59.4 Å². The Labute approximate surface area is 277 Å². The van der Waals surface area contributed by atoms with Gasteiger partial charge in [-0.3, -0.25) is 0 Å². The lowest BCUT2D eigenvalue weighted by atomic mass is 9.99. The molecule has 2 heterocycles. The van der Waals surface area contributed by atoms with Crippen LogP contribution in [0.4, 0.5) is 17.1 Å². The quantitative estimate of drug-likeness (QED) is 0.185. The van der Waals surface area contributed by atoms with Gasteiger partial charge in [-0.25, -0.2) is 4.98 Å². The zero-order valence-corrected chi connectivity index (χ0v) is 26.5. The molecule has 0 spiro atoms. The van der Waals surface area contributed by atoms with E-state index in [9.17, 15) is 0 Å². The minimum atomic E-state index is 0.852. The molecule has 0 saturated heterocycles. The summed E-state index contributed by atoms with van der Waals surface area (Å²) in [6, 6.07) is 49.4. The molecule has 0 radical (unpaired) electrons. The Morgan fingerprint density at radius 2 is 1.30 bits per heavy atom. The lowest BCUT2D eigenvalue weighted by Crippen LogP contribution is -2.10. The zero-order valence-electron chi connectivity index (χ0n) is 25.6. The number of rotatable bonds is 6. The van der Waals surface area contributed by atoms with Crippen LogP contribution in [0.15, 0.2) is 162 Å². The monoisotopic (exact) mass is 622 g/mol. The van der Waals surface area contributed by atoms with Crippen LogP contribution in [0.3, 0.4) is 0 Å². The van der Waals surface area contributed by atoms with Gasteiger partial charge in [-0.2, -0.15) is 0 Å². The van der Waals surface area contributed by atoms with Crippen molar-refractivity contribution in [2.24, 2.45) is 0 Å². The maximum Gasteiger partial charge on any atom is 0.137 e. The molecule has 9 rings (SSSR count). The molecule has 4 heteroatoms. The van der Waals surface area contributed by atoms with Crippen molar-refractivity contribution in [2.75, 3.05) is 4.90 Å². The van der Waals surface area contributed by atoms with Gasteiger partial charge in [0.1, 0.15) is 16.2 Å². The summed E-state index contributed by atoms with van der Waals surface area (Å²) in [4.78, 5) is 7.50. The molecule has 47 heavy (non-hydrogen) atoms. The molecule has 0 fully saturated rings. The Kier molecular flexibility index (Phi) is 6.80. The van der Waals surface area contributed by atoms with Crippen molar-refractivity contribution in [2.45, 2.75) is 12.8 Å². The first kappa shape index (κ1) is 27.6. The average Bonchev–Trinajstić information content (AvgIpc) is 3.75. The minimum absolute atomic E-state index is 0.852. The van der Waals surface area contributed by atoms with Crippen LogP contribution in [0.5, 0.6) is 0 Å². The summed E-state index contributed by atoms with van der Waals surface area (Å²) in [5, 5.41) is 3.13. The van der Waals surface area contributed by atoms with Crippen LogP contribution < -0.4 is 4.90 Å². The molecule has 0 amide bonds. The molecule has 0 N–H and O–H groups in total. The summed E-state index contributed by atoms with van der Waals surface area (Å²) in [5.41, 5.74) is 12.0. The molecule has 0 atom stereocenters. The number of benzene rings is 6. The first-order valence-corrected chi connectivity index (χ1v) is 16.8. The smallest absolute Gasteiger partial charge is 0.137 e. The molecule has 224 valence electrons. The molecule has 8 aromatic rings. The van der Waals surface area contributed by atoms with E-state index in [0.717, 1.165) is 72.6 Å². The topological polar surface area (TPSA) is 29.3 Å². The van der Waals surface area contributed by atoms with Gasteiger partial charge in [0.25, 0.3) is 0 Å². The zero-order chi connectivity index (χ0) is 31.2. The molecule has 6 aromatic carbocycles. The van der Waals surface area contributed by atoms with Crippen molar-refractivity contribution in [1.29, 1.82) is 0 Å². The van der Waals surface area contributed by atoms with Crippen LogP contribution in [0.2, 0.25) is 0 Å². The first-order chi connectivity index (χ1) is 23.3. The molecule has 1 aliphatic rings. The second kappa shape index (κ2) is 11.6. The molecule has 1 aliphatic carbocycles. The van der Waals surface area contributed by atoms with Gasteiger partial charge in [0.05, 0.1) is 15.6 Å². The van der Waals surface area contributed by atoms with Gasteiger partial charge >= 0.3 is 0 Å². The average molecular weight is 623 g/mol. The number of thiazole rings is 1. The fraction of sp³-hybridized carbons (Fsp3) is 0.0465. The molecular weight excluding hydrogens is 593 g/mol. The van der Waals surface area contributed by atoms with Gasteiger partial charge in [-0.05, 0) is 89.7 Å². The van der Waals surface area contributed by atoms with Gasteiger partial charge < -0.3 is 9.32 Å². The highest BCUT2D eigenvalue weighted by atomic mass is 32.1. The van der Waals surface area contributed by atoms with Crippen LogP contribution in [0.1, 0.15) is 18.4 Å². The highest BCUT2D eigenvalue weighted by Gasteiger charge is 2.19.